The molecule has 1 rings (SSSR count). The maximum absolute atomic E-state index is 4.82. The van der Waals surface area contributed by atoms with Crippen molar-refractivity contribution in [1.29, 1.82) is 0 Å². The zero-order valence-electron chi connectivity index (χ0n) is 12.0. The van der Waals surface area contributed by atoms with Crippen molar-refractivity contribution < 1.29 is 0 Å². The second-order valence-electron chi connectivity index (χ2n) is 5.43. The minimum atomic E-state index is 0.305. The fourth-order valence-corrected chi connectivity index (χ4v) is 3.64. The summed E-state index contributed by atoms with van der Waals surface area (Å²) in [5, 5.41) is 4.81. The third-order valence-corrected chi connectivity index (χ3v) is 5.17. The third kappa shape index (κ3) is 4.20. The van der Waals surface area contributed by atoms with Crippen LogP contribution in [0.2, 0.25) is 0 Å². The van der Waals surface area contributed by atoms with Gasteiger partial charge in [-0.2, -0.15) is 0 Å². The molecule has 1 aliphatic rings. The predicted molar refractivity (Wildman–Crippen MR) is 79.9 cm³/mol. The number of hydrogen-bond donors (Lipinski definition) is 1. The molecule has 0 aromatic carbocycles. The number of aliphatic imine (C=N–C) groups is 1. The summed E-state index contributed by atoms with van der Waals surface area (Å²) < 4.78 is 0. The second kappa shape index (κ2) is 6.67. The van der Waals surface area contributed by atoms with Crippen LogP contribution in [0.3, 0.4) is 0 Å². The number of nitrogens with zero attached hydrogens (tertiary/aromatic N) is 1. The van der Waals surface area contributed by atoms with E-state index >= 15 is 0 Å². The Morgan fingerprint density at radius 2 is 1.94 bits per heavy atom. The molecule has 1 N–H and O–H groups in total. The van der Waals surface area contributed by atoms with Gasteiger partial charge in [0.15, 0.2) is 5.17 Å². The first kappa shape index (κ1) is 14.9. The molecule has 0 spiro atoms. The Bertz CT molecular complexity index is 259. The minimum absolute atomic E-state index is 0.305. The molecule has 2 unspecified atom stereocenters. The van der Waals surface area contributed by atoms with Crippen molar-refractivity contribution in [2.45, 2.75) is 71.9 Å². The highest BCUT2D eigenvalue weighted by molar-refractivity contribution is 8.14. The molecular formula is C14H28N2S. The monoisotopic (exact) mass is 256 g/mol. The Morgan fingerprint density at radius 3 is 2.41 bits per heavy atom. The summed E-state index contributed by atoms with van der Waals surface area (Å²) in [6, 6.07) is 0.449. The molecule has 1 fully saturated rings. The van der Waals surface area contributed by atoms with Crippen LogP contribution in [-0.4, -0.2) is 22.5 Å². The summed E-state index contributed by atoms with van der Waals surface area (Å²) in [6.45, 7) is 11.3. The summed E-state index contributed by atoms with van der Waals surface area (Å²) in [7, 11) is 0. The Balaban J connectivity index is 2.52. The zero-order valence-corrected chi connectivity index (χ0v) is 12.9. The lowest BCUT2D eigenvalue weighted by atomic mass is 9.96. The molecule has 0 amide bonds. The molecule has 2 nitrogen and oxygen atoms in total. The third-order valence-electron chi connectivity index (χ3n) is 3.99. The van der Waals surface area contributed by atoms with E-state index in [0.717, 1.165) is 5.92 Å². The van der Waals surface area contributed by atoms with Crippen molar-refractivity contribution >= 4 is 16.9 Å². The van der Waals surface area contributed by atoms with E-state index < -0.39 is 0 Å². The standard InChI is InChI=1S/C14H28N2S/c1-6-11(4)9-12(5)15-13-16-14(7-2,8-3)10-17-13/h11-12H,6-10H2,1-5H3,(H,15,16). The van der Waals surface area contributed by atoms with Gasteiger partial charge < -0.3 is 5.32 Å². The van der Waals surface area contributed by atoms with E-state index in [9.17, 15) is 0 Å². The maximum atomic E-state index is 4.82. The molecule has 0 saturated carbocycles. The number of amidine groups is 1. The molecule has 1 heterocycles. The highest BCUT2D eigenvalue weighted by Gasteiger charge is 2.33. The SMILES string of the molecule is CCC(C)CC(C)N=C1NC(CC)(CC)CS1. The molecule has 0 aliphatic carbocycles. The molecule has 0 aromatic heterocycles. The van der Waals surface area contributed by atoms with E-state index in [2.05, 4.69) is 39.9 Å². The first-order chi connectivity index (χ1) is 8.05. The number of thioether (sulfide) groups is 1. The van der Waals surface area contributed by atoms with E-state index in [-0.39, 0.29) is 0 Å². The molecule has 1 aliphatic heterocycles. The highest BCUT2D eigenvalue weighted by Crippen LogP contribution is 2.29. The average molecular weight is 256 g/mol. The second-order valence-corrected chi connectivity index (χ2v) is 6.40. The molecule has 0 aromatic rings. The topological polar surface area (TPSA) is 24.4 Å². The molecule has 3 heteroatoms. The lowest BCUT2D eigenvalue weighted by molar-refractivity contribution is 0.406. The zero-order chi connectivity index (χ0) is 12.9. The first-order valence-corrected chi connectivity index (χ1v) is 8.02. The van der Waals surface area contributed by atoms with Gasteiger partial charge in [-0.05, 0) is 32.1 Å². The summed E-state index contributed by atoms with van der Waals surface area (Å²) in [4.78, 5) is 4.82. The van der Waals surface area contributed by atoms with Gasteiger partial charge in [-0.3, -0.25) is 4.99 Å². The van der Waals surface area contributed by atoms with Crippen LogP contribution in [0, 0.1) is 5.92 Å². The van der Waals surface area contributed by atoms with Crippen LogP contribution < -0.4 is 5.32 Å². The van der Waals surface area contributed by atoms with Gasteiger partial charge in [0.1, 0.15) is 0 Å². The number of rotatable bonds is 6. The summed E-state index contributed by atoms with van der Waals surface area (Å²) in [5.41, 5.74) is 0.305. The molecule has 17 heavy (non-hydrogen) atoms. The number of hydrogen-bond acceptors (Lipinski definition) is 2. The predicted octanol–water partition coefficient (Wildman–Crippen LogP) is 4.06. The molecule has 0 radical (unpaired) electrons. The van der Waals surface area contributed by atoms with Crippen LogP contribution in [0.4, 0.5) is 0 Å². The lowest BCUT2D eigenvalue weighted by Crippen LogP contribution is -2.42. The van der Waals surface area contributed by atoms with Crippen molar-refractivity contribution in [1.82, 2.24) is 5.32 Å². The molecule has 2 atom stereocenters. The summed E-state index contributed by atoms with van der Waals surface area (Å²) >= 11 is 1.90. The van der Waals surface area contributed by atoms with Crippen molar-refractivity contribution in [3.8, 4) is 0 Å². The summed E-state index contributed by atoms with van der Waals surface area (Å²) in [6.07, 6.45) is 4.83. The van der Waals surface area contributed by atoms with Crippen molar-refractivity contribution in [3.05, 3.63) is 0 Å². The first-order valence-electron chi connectivity index (χ1n) is 7.04. The Morgan fingerprint density at radius 1 is 1.29 bits per heavy atom. The Labute approximate surface area is 111 Å². The average Bonchev–Trinajstić information content (AvgIpc) is 2.73. The summed E-state index contributed by atoms with van der Waals surface area (Å²) in [5.74, 6) is 1.96. The van der Waals surface area contributed by atoms with Gasteiger partial charge in [0.05, 0.1) is 6.04 Å². The van der Waals surface area contributed by atoms with Crippen LogP contribution >= 0.6 is 11.8 Å². The van der Waals surface area contributed by atoms with Crippen molar-refractivity contribution in [2.75, 3.05) is 5.75 Å². The van der Waals surface area contributed by atoms with E-state index in [4.69, 9.17) is 4.99 Å². The Hall–Kier alpha value is -0.180. The number of nitrogens with one attached hydrogen (secondary N) is 1. The van der Waals surface area contributed by atoms with Crippen LogP contribution in [0.25, 0.3) is 0 Å². The van der Waals surface area contributed by atoms with Crippen molar-refractivity contribution in [2.24, 2.45) is 10.9 Å². The van der Waals surface area contributed by atoms with Gasteiger partial charge in [-0.1, -0.05) is 45.9 Å². The quantitative estimate of drug-likeness (QED) is 0.775. The lowest BCUT2D eigenvalue weighted by Gasteiger charge is -2.25. The van der Waals surface area contributed by atoms with Gasteiger partial charge in [0.25, 0.3) is 0 Å². The van der Waals surface area contributed by atoms with Crippen LogP contribution in [0.5, 0.6) is 0 Å². The molecule has 0 bridgehead atoms. The van der Waals surface area contributed by atoms with Crippen LogP contribution in [0.1, 0.15) is 60.3 Å². The fourth-order valence-electron chi connectivity index (χ4n) is 2.21. The maximum Gasteiger partial charge on any atom is 0.157 e. The Kier molecular flexibility index (Phi) is 5.84. The van der Waals surface area contributed by atoms with Crippen LogP contribution in [0.15, 0.2) is 4.99 Å². The van der Waals surface area contributed by atoms with Gasteiger partial charge >= 0.3 is 0 Å². The highest BCUT2D eigenvalue weighted by atomic mass is 32.2. The fraction of sp³-hybridized carbons (Fsp3) is 0.929. The van der Waals surface area contributed by atoms with Crippen molar-refractivity contribution in [3.63, 3.8) is 0 Å². The van der Waals surface area contributed by atoms with E-state index in [0.29, 0.717) is 11.6 Å². The molecule has 1 saturated heterocycles. The largest absolute Gasteiger partial charge is 0.359 e. The van der Waals surface area contributed by atoms with E-state index in [1.807, 2.05) is 11.8 Å². The van der Waals surface area contributed by atoms with Gasteiger partial charge in [-0.25, -0.2) is 0 Å². The van der Waals surface area contributed by atoms with Gasteiger partial charge in [0, 0.05) is 11.3 Å². The smallest absolute Gasteiger partial charge is 0.157 e. The van der Waals surface area contributed by atoms with E-state index in [1.54, 1.807) is 0 Å². The van der Waals surface area contributed by atoms with Crippen LogP contribution in [-0.2, 0) is 0 Å². The molecular weight excluding hydrogens is 228 g/mol. The minimum Gasteiger partial charge on any atom is -0.359 e. The van der Waals surface area contributed by atoms with Gasteiger partial charge in [0.2, 0.25) is 0 Å². The molecule has 100 valence electrons. The van der Waals surface area contributed by atoms with E-state index in [1.165, 1.54) is 36.6 Å². The van der Waals surface area contributed by atoms with Gasteiger partial charge in [-0.15, -0.1) is 0 Å². The normalized spacial score (nSPS) is 24.6.